The predicted molar refractivity (Wildman–Crippen MR) is 52.2 cm³/mol. The number of anilines is 1. The summed E-state index contributed by atoms with van der Waals surface area (Å²) < 4.78 is 4.35. The van der Waals surface area contributed by atoms with Crippen LogP contribution in [0.3, 0.4) is 0 Å². The number of rotatable bonds is 1. The number of nitrogen functional groups attached to an aromatic ring is 1. The van der Waals surface area contributed by atoms with Gasteiger partial charge in [-0.05, 0) is 17.2 Å². The first-order valence-corrected chi connectivity index (χ1v) is 4.78. The largest absolute Gasteiger partial charge is 0.379 e. The number of hydrogen-bond acceptors (Lipinski definition) is 6. The second kappa shape index (κ2) is 3.80. The Hall–Kier alpha value is -2.12. The van der Waals surface area contributed by atoms with Gasteiger partial charge in [0.15, 0.2) is 0 Å². The van der Waals surface area contributed by atoms with E-state index in [-0.39, 0.29) is 17.4 Å². The van der Waals surface area contributed by atoms with Crippen LogP contribution in [0, 0.1) is 0 Å². The lowest BCUT2D eigenvalue weighted by molar-refractivity contribution is -0.127. The van der Waals surface area contributed by atoms with Gasteiger partial charge in [-0.2, -0.15) is 0 Å². The van der Waals surface area contributed by atoms with E-state index in [2.05, 4.69) is 20.3 Å². The summed E-state index contributed by atoms with van der Waals surface area (Å²) in [5, 5.41) is 9.39. The van der Waals surface area contributed by atoms with Crippen LogP contribution in [0.5, 0.6) is 0 Å². The quantitative estimate of drug-likeness (QED) is 0.608. The van der Waals surface area contributed by atoms with Crippen molar-refractivity contribution in [1.29, 1.82) is 0 Å². The van der Waals surface area contributed by atoms with Gasteiger partial charge in [-0.1, -0.05) is 0 Å². The number of amides is 2. The molecule has 0 radical (unpaired) electrons. The molecule has 0 saturated carbocycles. The van der Waals surface area contributed by atoms with E-state index in [0.29, 0.717) is 13.1 Å². The molecule has 1 fully saturated rings. The zero-order chi connectivity index (χ0) is 11.7. The second-order valence-electron chi connectivity index (χ2n) is 3.46. The van der Waals surface area contributed by atoms with Crippen molar-refractivity contribution >= 4 is 17.6 Å². The highest BCUT2D eigenvalue weighted by Gasteiger charge is 2.32. The number of nitrogens with one attached hydrogen (secondary N) is 1. The fourth-order valence-electron chi connectivity index (χ4n) is 1.54. The van der Waals surface area contributed by atoms with Crippen LogP contribution in [0.4, 0.5) is 5.82 Å². The molecule has 1 aromatic rings. The van der Waals surface area contributed by atoms with Gasteiger partial charge in [-0.3, -0.25) is 9.59 Å². The molecule has 8 heteroatoms. The summed E-state index contributed by atoms with van der Waals surface area (Å²) in [6.45, 7) is 2.47. The number of nitrogens with two attached hydrogens (primary N) is 1. The molecule has 86 valence electrons. The van der Waals surface area contributed by atoms with E-state index in [1.54, 1.807) is 6.92 Å². The molecule has 0 aromatic carbocycles. The van der Waals surface area contributed by atoms with Crippen LogP contribution < -0.4 is 11.1 Å². The Morgan fingerprint density at radius 2 is 2.38 bits per heavy atom. The normalized spacial score (nSPS) is 20.7. The summed E-state index contributed by atoms with van der Waals surface area (Å²) in [7, 11) is 0. The van der Waals surface area contributed by atoms with Crippen molar-refractivity contribution in [3.8, 4) is 0 Å². The topological polar surface area (TPSA) is 114 Å². The molecule has 1 aliphatic heterocycles. The van der Waals surface area contributed by atoms with Gasteiger partial charge in [-0.15, -0.1) is 0 Å². The first kappa shape index (κ1) is 10.4. The lowest BCUT2D eigenvalue weighted by Gasteiger charge is -2.32. The molecule has 1 unspecified atom stereocenters. The van der Waals surface area contributed by atoms with Gasteiger partial charge in [0.2, 0.25) is 17.4 Å². The maximum absolute atomic E-state index is 11.9. The number of aromatic nitrogens is 2. The number of piperazine rings is 1. The minimum absolute atomic E-state index is 0.0541. The molecule has 8 nitrogen and oxygen atoms in total. The maximum atomic E-state index is 11.9. The molecule has 1 aromatic heterocycles. The average Bonchev–Trinajstić information content (AvgIpc) is 2.68. The summed E-state index contributed by atoms with van der Waals surface area (Å²) in [4.78, 5) is 24.7. The van der Waals surface area contributed by atoms with E-state index >= 15 is 0 Å². The zero-order valence-corrected chi connectivity index (χ0v) is 8.64. The molecular weight excluding hydrogens is 214 g/mol. The monoisotopic (exact) mass is 225 g/mol. The standard InChI is InChI=1S/C8H11N5O3/c1-4-7(14)10-2-3-13(4)8(15)5-6(9)12-16-11-5/h4H,2-3H2,1H3,(H2,9,12)(H,10,14). The number of carbonyl (C=O) groups excluding carboxylic acids is 2. The smallest absolute Gasteiger partial charge is 0.280 e. The molecule has 1 atom stereocenters. The van der Waals surface area contributed by atoms with Gasteiger partial charge in [0.1, 0.15) is 6.04 Å². The minimum Gasteiger partial charge on any atom is -0.379 e. The van der Waals surface area contributed by atoms with Crippen LogP contribution >= 0.6 is 0 Å². The Balaban J connectivity index is 2.22. The summed E-state index contributed by atoms with van der Waals surface area (Å²) in [5.74, 6) is -0.709. The average molecular weight is 225 g/mol. The summed E-state index contributed by atoms with van der Waals surface area (Å²) >= 11 is 0. The van der Waals surface area contributed by atoms with Crippen molar-refractivity contribution in [3.05, 3.63) is 5.69 Å². The Labute approximate surface area is 90.7 Å². The van der Waals surface area contributed by atoms with Crippen LogP contribution in [0.15, 0.2) is 4.63 Å². The maximum Gasteiger partial charge on any atom is 0.280 e. The van der Waals surface area contributed by atoms with Crippen LogP contribution in [0.1, 0.15) is 17.4 Å². The highest BCUT2D eigenvalue weighted by Crippen LogP contribution is 2.12. The fourth-order valence-corrected chi connectivity index (χ4v) is 1.54. The summed E-state index contributed by atoms with van der Waals surface area (Å²) in [6, 6.07) is -0.544. The predicted octanol–water partition coefficient (Wildman–Crippen LogP) is -1.39. The lowest BCUT2D eigenvalue weighted by atomic mass is 10.2. The Morgan fingerprint density at radius 1 is 1.62 bits per heavy atom. The van der Waals surface area contributed by atoms with E-state index in [4.69, 9.17) is 5.73 Å². The third-order valence-corrected chi connectivity index (χ3v) is 2.48. The van der Waals surface area contributed by atoms with Crippen molar-refractivity contribution in [2.45, 2.75) is 13.0 Å². The number of carbonyl (C=O) groups is 2. The number of hydrogen-bond donors (Lipinski definition) is 2. The van der Waals surface area contributed by atoms with Crippen LogP contribution in [0.2, 0.25) is 0 Å². The zero-order valence-electron chi connectivity index (χ0n) is 8.64. The molecule has 0 bridgehead atoms. The Morgan fingerprint density at radius 3 is 3.00 bits per heavy atom. The molecule has 2 amide bonds. The van der Waals surface area contributed by atoms with Crippen LogP contribution in [-0.4, -0.2) is 46.2 Å². The van der Waals surface area contributed by atoms with Gasteiger partial charge >= 0.3 is 0 Å². The van der Waals surface area contributed by atoms with Crippen LogP contribution in [0.25, 0.3) is 0 Å². The first-order valence-electron chi connectivity index (χ1n) is 4.78. The molecule has 2 heterocycles. The van der Waals surface area contributed by atoms with Gasteiger partial charge in [0.05, 0.1) is 0 Å². The molecule has 1 aliphatic rings. The third-order valence-electron chi connectivity index (χ3n) is 2.48. The lowest BCUT2D eigenvalue weighted by Crippen LogP contribution is -2.56. The molecule has 2 rings (SSSR count). The molecule has 0 aliphatic carbocycles. The molecule has 0 spiro atoms. The third kappa shape index (κ3) is 1.58. The fraction of sp³-hybridized carbons (Fsp3) is 0.500. The van der Waals surface area contributed by atoms with Crippen molar-refractivity contribution in [3.63, 3.8) is 0 Å². The van der Waals surface area contributed by atoms with Crippen molar-refractivity contribution < 1.29 is 14.2 Å². The van der Waals surface area contributed by atoms with Gasteiger partial charge in [-0.25, -0.2) is 4.63 Å². The Kier molecular flexibility index (Phi) is 2.47. The summed E-state index contributed by atoms with van der Waals surface area (Å²) in [6.07, 6.45) is 0. The van der Waals surface area contributed by atoms with E-state index in [1.807, 2.05) is 0 Å². The van der Waals surface area contributed by atoms with E-state index in [9.17, 15) is 9.59 Å². The van der Waals surface area contributed by atoms with E-state index in [1.165, 1.54) is 4.90 Å². The summed E-state index contributed by atoms with van der Waals surface area (Å²) in [5.41, 5.74) is 5.36. The SMILES string of the molecule is CC1C(=O)NCCN1C(=O)c1nonc1N. The van der Waals surface area contributed by atoms with E-state index < -0.39 is 11.9 Å². The molecule has 16 heavy (non-hydrogen) atoms. The van der Waals surface area contributed by atoms with Crippen molar-refractivity contribution in [1.82, 2.24) is 20.5 Å². The van der Waals surface area contributed by atoms with Gasteiger partial charge in [0.25, 0.3) is 5.91 Å². The molecule has 3 N–H and O–H groups in total. The van der Waals surface area contributed by atoms with Crippen molar-refractivity contribution in [2.75, 3.05) is 18.8 Å². The van der Waals surface area contributed by atoms with Crippen molar-refractivity contribution in [2.24, 2.45) is 0 Å². The van der Waals surface area contributed by atoms with Crippen LogP contribution in [-0.2, 0) is 4.79 Å². The highest BCUT2D eigenvalue weighted by atomic mass is 16.6. The highest BCUT2D eigenvalue weighted by molar-refractivity contribution is 5.99. The van der Waals surface area contributed by atoms with Gasteiger partial charge in [0, 0.05) is 13.1 Å². The Bertz CT molecular complexity index is 429. The first-order chi connectivity index (χ1) is 7.61. The number of nitrogens with zero attached hydrogens (tertiary/aromatic N) is 3. The minimum atomic E-state index is -0.544. The molecular formula is C8H11N5O3. The second-order valence-corrected chi connectivity index (χ2v) is 3.46. The molecule has 1 saturated heterocycles. The van der Waals surface area contributed by atoms with Gasteiger partial charge < -0.3 is 16.0 Å². The van der Waals surface area contributed by atoms with E-state index in [0.717, 1.165) is 0 Å².